The van der Waals surface area contributed by atoms with Gasteiger partial charge in [0.25, 0.3) is 5.69 Å². The SMILES string of the molecule is C/C=C\C(=O)N(CO)CCCCCC(=O)N[C@H](C(=O)N[C@@H](CCCNC(N)=O)C(=O)Nc1ccc(COC(=O)Oc2ccc([N+](=O)[O-])cc2)cc1)C(C)C. The average molecular weight is 756 g/mol. The van der Waals surface area contributed by atoms with E-state index in [0.29, 0.717) is 43.5 Å². The van der Waals surface area contributed by atoms with E-state index in [1.807, 2.05) is 0 Å². The number of carbonyl (C=O) groups excluding carboxylic acids is 6. The van der Waals surface area contributed by atoms with E-state index >= 15 is 0 Å². The molecule has 0 aliphatic carbocycles. The van der Waals surface area contributed by atoms with Crippen molar-refractivity contribution in [1.82, 2.24) is 20.9 Å². The van der Waals surface area contributed by atoms with Crippen LogP contribution in [0.3, 0.4) is 0 Å². The molecule has 2 aromatic carbocycles. The summed E-state index contributed by atoms with van der Waals surface area (Å²) in [5.41, 5.74) is 5.90. The first-order valence-electron chi connectivity index (χ1n) is 17.4. The van der Waals surface area contributed by atoms with Crippen LogP contribution in [0, 0.1) is 16.0 Å². The molecule has 294 valence electrons. The molecular weight excluding hydrogens is 706 g/mol. The van der Waals surface area contributed by atoms with E-state index in [0.717, 1.165) is 0 Å². The second kappa shape index (κ2) is 23.5. The molecule has 6 amide bonds. The van der Waals surface area contributed by atoms with Crippen molar-refractivity contribution < 1.29 is 48.3 Å². The maximum absolute atomic E-state index is 13.4. The molecule has 7 N–H and O–H groups in total. The van der Waals surface area contributed by atoms with Gasteiger partial charge in [-0.2, -0.15) is 0 Å². The quantitative estimate of drug-likeness (QED) is 0.0193. The number of amides is 6. The average Bonchev–Trinajstić information content (AvgIpc) is 3.13. The lowest BCUT2D eigenvalue weighted by Crippen LogP contribution is -2.54. The van der Waals surface area contributed by atoms with Crippen LogP contribution >= 0.6 is 0 Å². The Kier molecular flexibility index (Phi) is 19.2. The van der Waals surface area contributed by atoms with Crippen LogP contribution in [0.4, 0.5) is 21.0 Å². The number of carbonyl (C=O) groups is 6. The molecule has 0 aliphatic rings. The molecule has 0 saturated heterocycles. The van der Waals surface area contributed by atoms with Crippen LogP contribution < -0.4 is 31.7 Å². The minimum Gasteiger partial charge on any atom is -0.429 e. The first kappa shape index (κ1) is 44.1. The first-order valence-corrected chi connectivity index (χ1v) is 17.4. The van der Waals surface area contributed by atoms with Gasteiger partial charge in [0.2, 0.25) is 23.6 Å². The van der Waals surface area contributed by atoms with E-state index in [4.69, 9.17) is 15.2 Å². The molecule has 0 unspecified atom stereocenters. The number of nitro benzene ring substituents is 1. The van der Waals surface area contributed by atoms with E-state index < -0.39 is 47.7 Å². The van der Waals surface area contributed by atoms with Gasteiger partial charge < -0.3 is 46.5 Å². The number of nitrogens with zero attached hydrogens (tertiary/aromatic N) is 2. The topological polar surface area (TPSA) is 262 Å². The molecule has 0 aromatic heterocycles. The van der Waals surface area contributed by atoms with Gasteiger partial charge >= 0.3 is 12.2 Å². The van der Waals surface area contributed by atoms with E-state index in [9.17, 15) is 44.0 Å². The highest BCUT2D eigenvalue weighted by Crippen LogP contribution is 2.18. The molecule has 2 aromatic rings. The summed E-state index contributed by atoms with van der Waals surface area (Å²) in [6, 6.07) is 8.45. The number of nitro groups is 1. The number of aliphatic hydroxyl groups is 1. The molecule has 54 heavy (non-hydrogen) atoms. The standard InChI is InChI=1S/C36H49N7O11/c1-4-9-31(46)42(23-44)21-7-5-6-11-30(45)41-32(24(2)3)34(48)40-29(10-8-20-38-35(37)49)33(47)39-26-14-12-25(13-15-26)22-53-36(50)54-28-18-16-27(17-19-28)43(51)52/h4,9,12-19,24,29,32,44H,5-8,10-11,20-23H2,1-3H3,(H,39,47)(H,40,48)(H,41,45)(H3,37,38,49)/b9-4-/t29-,32-/m0/s1. The monoisotopic (exact) mass is 755 g/mol. The van der Waals surface area contributed by atoms with Gasteiger partial charge in [-0.3, -0.25) is 29.3 Å². The molecule has 18 heteroatoms. The minimum absolute atomic E-state index is 0.0622. The molecule has 2 rings (SSSR count). The Labute approximate surface area is 313 Å². The van der Waals surface area contributed by atoms with Crippen LogP contribution in [-0.4, -0.2) is 82.6 Å². The molecule has 0 radical (unpaired) electrons. The Balaban J connectivity index is 1.95. The summed E-state index contributed by atoms with van der Waals surface area (Å²) < 4.78 is 10.1. The number of benzene rings is 2. The van der Waals surface area contributed by atoms with Gasteiger partial charge in [0.1, 0.15) is 31.2 Å². The van der Waals surface area contributed by atoms with Gasteiger partial charge in [0, 0.05) is 37.3 Å². The predicted molar refractivity (Wildman–Crippen MR) is 197 cm³/mol. The van der Waals surface area contributed by atoms with Crippen molar-refractivity contribution in [1.29, 1.82) is 0 Å². The van der Waals surface area contributed by atoms with E-state index in [-0.39, 0.29) is 55.2 Å². The molecule has 18 nitrogen and oxygen atoms in total. The van der Waals surface area contributed by atoms with E-state index in [1.165, 1.54) is 35.2 Å². The number of unbranched alkanes of at least 4 members (excludes halogenated alkanes) is 2. The number of rotatable bonds is 22. The van der Waals surface area contributed by atoms with Crippen LogP contribution in [0.1, 0.15) is 64.9 Å². The van der Waals surface area contributed by atoms with Crippen LogP contribution in [0.5, 0.6) is 5.75 Å². The van der Waals surface area contributed by atoms with Crippen molar-refractivity contribution in [2.24, 2.45) is 11.7 Å². The number of primary amides is 1. The van der Waals surface area contributed by atoms with Crippen LogP contribution in [0.25, 0.3) is 0 Å². The third-order valence-electron chi connectivity index (χ3n) is 7.82. The zero-order valence-electron chi connectivity index (χ0n) is 30.6. The lowest BCUT2D eigenvalue weighted by atomic mass is 10.0. The first-order chi connectivity index (χ1) is 25.7. The lowest BCUT2D eigenvalue weighted by Gasteiger charge is -2.25. The number of allylic oxidation sites excluding steroid dienone is 1. The van der Waals surface area contributed by atoms with Crippen LogP contribution in [0.2, 0.25) is 0 Å². The summed E-state index contributed by atoms with van der Waals surface area (Å²) in [6.07, 6.45) is 4.14. The van der Waals surface area contributed by atoms with Gasteiger partial charge in [0.05, 0.1) is 4.92 Å². The highest BCUT2D eigenvalue weighted by molar-refractivity contribution is 5.98. The fourth-order valence-corrected chi connectivity index (χ4v) is 4.91. The van der Waals surface area contributed by atoms with E-state index in [2.05, 4.69) is 21.3 Å². The van der Waals surface area contributed by atoms with Crippen LogP contribution in [-0.2, 0) is 30.5 Å². The number of anilines is 1. The number of non-ortho nitro benzene ring substituents is 1. The second-order valence-electron chi connectivity index (χ2n) is 12.4. The largest absolute Gasteiger partial charge is 0.514 e. The summed E-state index contributed by atoms with van der Waals surface area (Å²) >= 11 is 0. The van der Waals surface area contributed by atoms with Crippen molar-refractivity contribution in [2.75, 3.05) is 25.1 Å². The maximum atomic E-state index is 13.4. The van der Waals surface area contributed by atoms with Crippen molar-refractivity contribution in [3.05, 3.63) is 76.4 Å². The van der Waals surface area contributed by atoms with Crippen molar-refractivity contribution in [3.63, 3.8) is 0 Å². The number of nitrogens with one attached hydrogen (secondary N) is 4. The highest BCUT2D eigenvalue weighted by Gasteiger charge is 2.29. The summed E-state index contributed by atoms with van der Waals surface area (Å²) in [6.45, 7) is 5.11. The zero-order chi connectivity index (χ0) is 40.0. The minimum atomic E-state index is -1.05. The highest BCUT2D eigenvalue weighted by atomic mass is 16.7. The molecule has 0 spiro atoms. The molecule has 0 saturated carbocycles. The van der Waals surface area contributed by atoms with Gasteiger partial charge in [-0.05, 0) is 74.4 Å². The molecule has 0 heterocycles. The number of aliphatic hydroxyl groups excluding tert-OH is 1. The van der Waals surface area contributed by atoms with Crippen molar-refractivity contribution in [3.8, 4) is 5.75 Å². The summed E-state index contributed by atoms with van der Waals surface area (Å²) in [7, 11) is 0. The predicted octanol–water partition coefficient (Wildman–Crippen LogP) is 3.24. The molecule has 0 bridgehead atoms. The third kappa shape index (κ3) is 16.5. The molecule has 0 aliphatic heterocycles. The Morgan fingerprint density at radius 3 is 2.22 bits per heavy atom. The molecule has 2 atom stereocenters. The summed E-state index contributed by atoms with van der Waals surface area (Å²) in [5, 5.41) is 30.8. The molecular formula is C36H49N7O11. The number of nitrogens with two attached hydrogens (primary N) is 1. The fourth-order valence-electron chi connectivity index (χ4n) is 4.91. The third-order valence-corrected chi connectivity index (χ3v) is 7.82. The fraction of sp³-hybridized carbons (Fsp3) is 0.444. The van der Waals surface area contributed by atoms with Gasteiger partial charge in [-0.25, -0.2) is 9.59 Å². The molecule has 0 fully saturated rings. The number of urea groups is 1. The zero-order valence-corrected chi connectivity index (χ0v) is 30.6. The lowest BCUT2D eigenvalue weighted by molar-refractivity contribution is -0.384. The number of hydrogen-bond acceptors (Lipinski definition) is 11. The van der Waals surface area contributed by atoms with Gasteiger partial charge in [-0.1, -0.05) is 38.5 Å². The Morgan fingerprint density at radius 1 is 0.944 bits per heavy atom. The Hall–Kier alpha value is -6.04. The number of ether oxygens (including phenoxy) is 2. The number of hydrogen-bond donors (Lipinski definition) is 6. The van der Waals surface area contributed by atoms with Crippen molar-refractivity contribution >= 4 is 47.2 Å². The Morgan fingerprint density at radius 2 is 1.63 bits per heavy atom. The smallest absolute Gasteiger partial charge is 0.429 e. The van der Waals surface area contributed by atoms with Gasteiger partial charge in [-0.15, -0.1) is 0 Å². The summed E-state index contributed by atoms with van der Waals surface area (Å²) in [5.74, 6) is -2.06. The van der Waals surface area contributed by atoms with E-state index in [1.54, 1.807) is 51.1 Å². The van der Waals surface area contributed by atoms with Crippen molar-refractivity contribution in [2.45, 2.75) is 78.0 Å². The van der Waals surface area contributed by atoms with Gasteiger partial charge in [0.15, 0.2) is 0 Å². The Bertz CT molecular complexity index is 1600. The second-order valence-corrected chi connectivity index (χ2v) is 12.4. The maximum Gasteiger partial charge on any atom is 0.514 e. The summed E-state index contributed by atoms with van der Waals surface area (Å²) in [4.78, 5) is 86.2. The van der Waals surface area contributed by atoms with Crippen LogP contribution in [0.15, 0.2) is 60.7 Å². The normalized spacial score (nSPS) is 11.9.